The third kappa shape index (κ3) is 8.85. The highest BCUT2D eigenvalue weighted by Gasteiger charge is 2.16. The van der Waals surface area contributed by atoms with Crippen LogP contribution in [-0.2, 0) is 25.8 Å². The summed E-state index contributed by atoms with van der Waals surface area (Å²) in [6.45, 7) is 16.1. The Morgan fingerprint density at radius 1 is 1.00 bits per heavy atom. The van der Waals surface area contributed by atoms with Crippen LogP contribution >= 0.6 is 0 Å². The fourth-order valence-corrected chi connectivity index (χ4v) is 4.06. The summed E-state index contributed by atoms with van der Waals surface area (Å²) in [7, 11) is 0. The lowest BCUT2D eigenvalue weighted by molar-refractivity contribution is 0.585. The van der Waals surface area contributed by atoms with Crippen LogP contribution in [0, 0.1) is 38.0 Å². The van der Waals surface area contributed by atoms with Gasteiger partial charge in [0.15, 0.2) is 0 Å². The van der Waals surface area contributed by atoms with Crippen LogP contribution in [0.1, 0.15) is 94.4 Å². The molecule has 174 valence electrons. The summed E-state index contributed by atoms with van der Waals surface area (Å²) in [5.41, 5.74) is 7.89. The Labute approximate surface area is 199 Å². The van der Waals surface area contributed by atoms with Gasteiger partial charge in [0.25, 0.3) is 0 Å². The highest BCUT2D eigenvalue weighted by atomic mass is 15.0. The maximum Gasteiger partial charge on any atom is 0.0487 e. The van der Waals surface area contributed by atoms with Crippen molar-refractivity contribution >= 4 is 6.08 Å². The first kappa shape index (κ1) is 29.4. The van der Waals surface area contributed by atoms with Gasteiger partial charge in [0.05, 0.1) is 0 Å². The van der Waals surface area contributed by atoms with Gasteiger partial charge in [0, 0.05) is 23.5 Å². The Bertz CT molecular complexity index is 851. The van der Waals surface area contributed by atoms with E-state index in [-0.39, 0.29) is 0 Å². The molecule has 1 nitrogen and oxygen atoms in total. The van der Waals surface area contributed by atoms with E-state index in [1.807, 2.05) is 13.8 Å². The van der Waals surface area contributed by atoms with Gasteiger partial charge < -0.3 is 4.57 Å². The SMILES string of the molecule is C#C.C#Cc1c(C)c(/C=C\C)n(CCCCc2ccc(CC(C)C)cc2)c1CCC.CC. The van der Waals surface area contributed by atoms with Crippen molar-refractivity contribution in [2.24, 2.45) is 5.92 Å². The van der Waals surface area contributed by atoms with Crippen molar-refractivity contribution in [2.75, 3.05) is 0 Å². The van der Waals surface area contributed by atoms with E-state index >= 15 is 0 Å². The van der Waals surface area contributed by atoms with Crippen molar-refractivity contribution in [3.05, 3.63) is 64.0 Å². The van der Waals surface area contributed by atoms with Crippen LogP contribution in [0.2, 0.25) is 0 Å². The van der Waals surface area contributed by atoms with E-state index in [0.717, 1.165) is 31.4 Å². The number of rotatable bonds is 10. The molecule has 1 heteroatoms. The largest absolute Gasteiger partial charge is 0.344 e. The molecule has 32 heavy (non-hydrogen) atoms. The zero-order chi connectivity index (χ0) is 24.5. The normalized spacial score (nSPS) is 10.3. The third-order valence-corrected chi connectivity index (χ3v) is 5.38. The second kappa shape index (κ2) is 17.0. The molecule has 0 N–H and O–H groups in total. The van der Waals surface area contributed by atoms with Gasteiger partial charge in [-0.1, -0.05) is 77.3 Å². The summed E-state index contributed by atoms with van der Waals surface area (Å²) in [5.74, 6) is 3.66. The van der Waals surface area contributed by atoms with Crippen LogP contribution in [0.15, 0.2) is 30.3 Å². The van der Waals surface area contributed by atoms with Crippen molar-refractivity contribution in [3.63, 3.8) is 0 Å². The lowest BCUT2D eigenvalue weighted by Crippen LogP contribution is -2.06. The molecular formula is C31H45N. The van der Waals surface area contributed by atoms with Crippen LogP contribution in [-0.4, -0.2) is 4.57 Å². The van der Waals surface area contributed by atoms with Gasteiger partial charge in [-0.3, -0.25) is 0 Å². The van der Waals surface area contributed by atoms with Gasteiger partial charge in [0.2, 0.25) is 0 Å². The molecule has 0 atom stereocenters. The summed E-state index contributed by atoms with van der Waals surface area (Å²) in [5, 5.41) is 0. The Hall–Kier alpha value is -2.64. The van der Waals surface area contributed by atoms with Gasteiger partial charge in [-0.25, -0.2) is 0 Å². The summed E-state index contributed by atoms with van der Waals surface area (Å²) in [6.07, 6.45) is 25.0. The number of allylic oxidation sites excluding steroid dienone is 1. The van der Waals surface area contributed by atoms with E-state index in [4.69, 9.17) is 6.42 Å². The van der Waals surface area contributed by atoms with Crippen molar-refractivity contribution < 1.29 is 0 Å². The minimum absolute atomic E-state index is 0.715. The molecule has 2 rings (SSSR count). The zero-order valence-corrected chi connectivity index (χ0v) is 21.7. The van der Waals surface area contributed by atoms with E-state index in [0.29, 0.717) is 5.92 Å². The number of aromatic nitrogens is 1. The van der Waals surface area contributed by atoms with E-state index in [1.165, 1.54) is 47.3 Å². The first-order valence-corrected chi connectivity index (χ1v) is 12.2. The number of benzene rings is 1. The Morgan fingerprint density at radius 3 is 2.09 bits per heavy atom. The van der Waals surface area contributed by atoms with Gasteiger partial charge in [0.1, 0.15) is 0 Å². The van der Waals surface area contributed by atoms with E-state index in [9.17, 15) is 0 Å². The summed E-state index contributed by atoms with van der Waals surface area (Å²) in [6, 6.07) is 9.21. The average molecular weight is 432 g/mol. The molecule has 0 aliphatic carbocycles. The molecule has 0 aliphatic heterocycles. The van der Waals surface area contributed by atoms with Crippen LogP contribution in [0.5, 0.6) is 0 Å². The molecule has 0 radical (unpaired) electrons. The van der Waals surface area contributed by atoms with Crippen molar-refractivity contribution in [3.8, 4) is 25.2 Å². The van der Waals surface area contributed by atoms with Crippen molar-refractivity contribution in [1.82, 2.24) is 4.57 Å². The minimum Gasteiger partial charge on any atom is -0.344 e. The fourth-order valence-electron chi connectivity index (χ4n) is 4.06. The molecule has 1 aromatic heterocycles. The maximum absolute atomic E-state index is 5.85. The second-order valence-corrected chi connectivity index (χ2v) is 8.25. The zero-order valence-electron chi connectivity index (χ0n) is 21.7. The Kier molecular flexibility index (Phi) is 15.6. The lowest BCUT2D eigenvalue weighted by atomic mass is 10.00. The molecule has 2 aromatic rings. The predicted molar refractivity (Wildman–Crippen MR) is 145 cm³/mol. The molecule has 1 heterocycles. The van der Waals surface area contributed by atoms with Gasteiger partial charge >= 0.3 is 0 Å². The monoisotopic (exact) mass is 431 g/mol. The molecular weight excluding hydrogens is 386 g/mol. The minimum atomic E-state index is 0.715. The third-order valence-electron chi connectivity index (χ3n) is 5.38. The summed E-state index contributed by atoms with van der Waals surface area (Å²) in [4.78, 5) is 0. The predicted octanol–water partition coefficient (Wildman–Crippen LogP) is 8.26. The number of aryl methyl sites for hydroxylation is 1. The van der Waals surface area contributed by atoms with Crippen LogP contribution in [0.3, 0.4) is 0 Å². The molecule has 0 amide bonds. The van der Waals surface area contributed by atoms with Crippen LogP contribution in [0.25, 0.3) is 6.08 Å². The highest BCUT2D eigenvalue weighted by molar-refractivity contribution is 5.59. The number of nitrogens with zero attached hydrogens (tertiary/aromatic N) is 1. The van der Waals surface area contributed by atoms with Crippen LogP contribution < -0.4 is 0 Å². The van der Waals surface area contributed by atoms with Crippen molar-refractivity contribution in [1.29, 1.82) is 0 Å². The maximum atomic E-state index is 5.85. The first-order chi connectivity index (χ1) is 15.5. The van der Waals surface area contributed by atoms with Crippen LogP contribution in [0.4, 0.5) is 0 Å². The number of hydrogen-bond donors (Lipinski definition) is 0. The standard InChI is InChI=1S/C27H37N.C2H6.C2H2/c1-7-12-26-22(6)25(9-3)27(13-8-2)28(26)19-11-10-14-23-15-17-24(18-16-23)20-21(4)5;2*1-2/h3,7,12,15-18,21H,8,10-11,13-14,19-20H2,1-2,4-6H3;1-2H3;1-2H/b12-7-;;. The summed E-state index contributed by atoms with van der Waals surface area (Å²) >= 11 is 0. The topological polar surface area (TPSA) is 4.93 Å². The molecule has 0 aliphatic rings. The van der Waals surface area contributed by atoms with Gasteiger partial charge in [-0.05, 0) is 74.6 Å². The Morgan fingerprint density at radius 2 is 1.59 bits per heavy atom. The lowest BCUT2D eigenvalue weighted by Gasteiger charge is -2.12. The Balaban J connectivity index is 0.00000227. The molecule has 0 saturated heterocycles. The van der Waals surface area contributed by atoms with E-state index < -0.39 is 0 Å². The number of unbranched alkanes of at least 4 members (excludes halogenated alkanes) is 1. The molecule has 0 unspecified atom stereocenters. The molecule has 1 aromatic carbocycles. The quantitative estimate of drug-likeness (QED) is 0.263. The fraction of sp³-hybridized carbons (Fsp3) is 0.484. The van der Waals surface area contributed by atoms with E-state index in [2.05, 4.69) is 94.4 Å². The highest BCUT2D eigenvalue weighted by Crippen LogP contribution is 2.25. The molecule has 0 saturated carbocycles. The number of hydrogen-bond acceptors (Lipinski definition) is 0. The van der Waals surface area contributed by atoms with Gasteiger partial charge in [-0.15, -0.1) is 19.3 Å². The van der Waals surface area contributed by atoms with Crippen molar-refractivity contribution in [2.45, 2.75) is 93.5 Å². The average Bonchev–Trinajstić information content (AvgIpc) is 3.05. The molecule has 0 bridgehead atoms. The molecule has 0 spiro atoms. The second-order valence-electron chi connectivity index (χ2n) is 8.25. The van der Waals surface area contributed by atoms with Gasteiger partial charge in [-0.2, -0.15) is 0 Å². The first-order valence-electron chi connectivity index (χ1n) is 12.2. The molecule has 0 fully saturated rings. The summed E-state index contributed by atoms with van der Waals surface area (Å²) < 4.78 is 2.47. The smallest absolute Gasteiger partial charge is 0.0487 e. The van der Waals surface area contributed by atoms with E-state index in [1.54, 1.807) is 0 Å². The number of terminal acetylenes is 2.